The van der Waals surface area contributed by atoms with Crippen LogP contribution in [0.1, 0.15) is 0 Å². The summed E-state index contributed by atoms with van der Waals surface area (Å²) in [5.41, 5.74) is 7.43. The zero-order chi connectivity index (χ0) is 10.1. The van der Waals surface area contributed by atoms with Crippen LogP contribution < -0.4 is 22.6 Å². The van der Waals surface area contributed by atoms with Crippen LogP contribution in [-0.4, -0.2) is 19.9 Å². The van der Waals surface area contributed by atoms with Crippen LogP contribution in [0, 0.1) is 0 Å². The van der Waals surface area contributed by atoms with Gasteiger partial charge in [-0.2, -0.15) is 4.98 Å². The van der Waals surface area contributed by atoms with Crippen LogP contribution in [0.4, 0.5) is 11.8 Å². The maximum absolute atomic E-state index is 11.3. The van der Waals surface area contributed by atoms with E-state index in [0.29, 0.717) is 0 Å². The summed E-state index contributed by atoms with van der Waals surface area (Å²) in [6.07, 6.45) is 1.36. The molecular weight excluding hydrogens is 186 g/mol. The Balaban J connectivity index is 2.82. The second kappa shape index (κ2) is 2.92. The predicted molar refractivity (Wildman–Crippen MR) is 50.2 cm³/mol. The van der Waals surface area contributed by atoms with Crippen molar-refractivity contribution >= 4 is 22.9 Å². The molecule has 8 heteroatoms. The van der Waals surface area contributed by atoms with Crippen LogP contribution in [-0.2, 0) is 0 Å². The summed E-state index contributed by atoms with van der Waals surface area (Å²) < 4.78 is 0. The fourth-order valence-electron chi connectivity index (χ4n) is 1.00. The van der Waals surface area contributed by atoms with Gasteiger partial charge in [0.15, 0.2) is 17.0 Å². The summed E-state index contributed by atoms with van der Waals surface area (Å²) in [7, 11) is 0. The molecule has 0 radical (unpaired) electrons. The van der Waals surface area contributed by atoms with E-state index in [2.05, 4.69) is 25.4 Å². The van der Waals surface area contributed by atoms with Crippen LogP contribution in [0.3, 0.4) is 0 Å². The molecule has 14 heavy (non-hydrogen) atoms. The smallest absolute Gasteiger partial charge is 0.280 e. The Morgan fingerprint density at radius 1 is 1.43 bits per heavy atom. The van der Waals surface area contributed by atoms with Gasteiger partial charge in [-0.3, -0.25) is 9.78 Å². The molecule has 8 nitrogen and oxygen atoms in total. The van der Waals surface area contributed by atoms with E-state index < -0.39 is 5.56 Å². The van der Waals surface area contributed by atoms with E-state index in [9.17, 15) is 4.79 Å². The van der Waals surface area contributed by atoms with Gasteiger partial charge in [-0.05, 0) is 0 Å². The first kappa shape index (κ1) is 8.38. The van der Waals surface area contributed by atoms with Crippen molar-refractivity contribution in [2.45, 2.75) is 0 Å². The maximum Gasteiger partial charge on any atom is 0.280 e. The molecule has 2 aromatic rings. The number of nitrogen functional groups attached to an aromatic ring is 2. The highest BCUT2D eigenvalue weighted by molar-refractivity contribution is 5.70. The molecule has 0 aliphatic heterocycles. The first-order valence-corrected chi connectivity index (χ1v) is 3.70. The molecule has 0 amide bonds. The Hall–Kier alpha value is -2.22. The number of aromatic amines is 1. The highest BCUT2D eigenvalue weighted by Crippen LogP contribution is 2.04. The van der Waals surface area contributed by atoms with E-state index >= 15 is 0 Å². The second-order valence-corrected chi connectivity index (χ2v) is 2.52. The van der Waals surface area contributed by atoms with Crippen LogP contribution >= 0.6 is 0 Å². The van der Waals surface area contributed by atoms with Gasteiger partial charge in [-0.15, -0.1) is 0 Å². The van der Waals surface area contributed by atoms with Gasteiger partial charge in [0.05, 0.1) is 6.20 Å². The minimum Gasteiger partial charge on any atom is -0.369 e. The Labute approximate surface area is 77.4 Å². The van der Waals surface area contributed by atoms with Crippen LogP contribution in [0.15, 0.2) is 11.0 Å². The first-order valence-electron chi connectivity index (χ1n) is 3.70. The molecule has 0 aromatic carbocycles. The van der Waals surface area contributed by atoms with Crippen molar-refractivity contribution in [3.8, 4) is 0 Å². The van der Waals surface area contributed by atoms with Gasteiger partial charge in [0.2, 0.25) is 5.95 Å². The quantitative estimate of drug-likeness (QED) is 0.322. The minimum absolute atomic E-state index is 0.00487. The maximum atomic E-state index is 11.3. The molecule has 0 aliphatic rings. The van der Waals surface area contributed by atoms with Crippen LogP contribution in [0.5, 0.6) is 0 Å². The molecular formula is C6H7N7O. The third kappa shape index (κ3) is 1.23. The van der Waals surface area contributed by atoms with Crippen molar-refractivity contribution in [3.63, 3.8) is 0 Å². The van der Waals surface area contributed by atoms with Crippen molar-refractivity contribution in [1.29, 1.82) is 0 Å². The molecule has 0 atom stereocenters. The normalized spacial score (nSPS) is 10.4. The SMILES string of the molecule is NNc1cnc2nc(N)[nH]c(=O)c2n1. The predicted octanol–water partition coefficient (Wildman–Crippen LogP) is -1.42. The van der Waals surface area contributed by atoms with Crippen LogP contribution in [0.25, 0.3) is 11.2 Å². The fourth-order valence-corrected chi connectivity index (χ4v) is 1.00. The number of hydrogen-bond acceptors (Lipinski definition) is 7. The minimum atomic E-state index is -0.447. The molecule has 2 heterocycles. The molecule has 0 fully saturated rings. The number of hydrogen-bond donors (Lipinski definition) is 4. The number of fused-ring (bicyclic) bond motifs is 1. The van der Waals surface area contributed by atoms with Gasteiger partial charge < -0.3 is 11.2 Å². The van der Waals surface area contributed by atoms with Gasteiger partial charge in [0.1, 0.15) is 0 Å². The Morgan fingerprint density at radius 2 is 2.21 bits per heavy atom. The average Bonchev–Trinajstić information content (AvgIpc) is 2.17. The van der Waals surface area contributed by atoms with Crippen molar-refractivity contribution in [1.82, 2.24) is 19.9 Å². The lowest BCUT2D eigenvalue weighted by Crippen LogP contribution is -2.15. The van der Waals surface area contributed by atoms with Gasteiger partial charge >= 0.3 is 0 Å². The number of hydrazine groups is 1. The summed E-state index contributed by atoms with van der Waals surface area (Å²) in [5, 5.41) is 0. The van der Waals surface area contributed by atoms with Crippen molar-refractivity contribution < 1.29 is 0 Å². The van der Waals surface area contributed by atoms with Gasteiger partial charge in [0.25, 0.3) is 5.56 Å². The fraction of sp³-hybridized carbons (Fsp3) is 0. The molecule has 0 unspecified atom stereocenters. The summed E-state index contributed by atoms with van der Waals surface area (Å²) >= 11 is 0. The second-order valence-electron chi connectivity index (χ2n) is 2.52. The zero-order valence-corrected chi connectivity index (χ0v) is 6.98. The van der Waals surface area contributed by atoms with E-state index in [0.717, 1.165) is 0 Å². The van der Waals surface area contributed by atoms with Crippen molar-refractivity contribution in [2.24, 2.45) is 5.84 Å². The lowest BCUT2D eigenvalue weighted by molar-refractivity contribution is 1.11. The van der Waals surface area contributed by atoms with E-state index in [-0.39, 0.29) is 22.9 Å². The third-order valence-corrected chi connectivity index (χ3v) is 1.58. The number of rotatable bonds is 1. The van der Waals surface area contributed by atoms with Gasteiger partial charge in [0, 0.05) is 0 Å². The zero-order valence-electron chi connectivity index (χ0n) is 6.98. The Kier molecular flexibility index (Phi) is 1.75. The molecule has 0 saturated carbocycles. The molecule has 0 bridgehead atoms. The molecule has 0 aliphatic carbocycles. The largest absolute Gasteiger partial charge is 0.369 e. The number of nitrogens with two attached hydrogens (primary N) is 2. The highest BCUT2D eigenvalue weighted by Gasteiger charge is 2.05. The number of anilines is 2. The summed E-state index contributed by atoms with van der Waals surface area (Å²) in [6, 6.07) is 0. The Morgan fingerprint density at radius 3 is 2.93 bits per heavy atom. The topological polar surface area (TPSA) is 136 Å². The highest BCUT2D eigenvalue weighted by atomic mass is 16.1. The van der Waals surface area contributed by atoms with E-state index in [1.165, 1.54) is 6.20 Å². The molecule has 6 N–H and O–H groups in total. The number of H-pyrrole nitrogens is 1. The lowest BCUT2D eigenvalue weighted by atomic mass is 10.5. The standard InChI is InChI=1S/C6H7N7O/c7-6-11-4-3(5(14)12-6)10-2(13-8)1-9-4/h1H,8H2,(H,10,13)(H3,7,9,11,12,14). The summed E-state index contributed by atoms with van der Waals surface area (Å²) in [6.45, 7) is 0. The van der Waals surface area contributed by atoms with Crippen LogP contribution in [0.2, 0.25) is 0 Å². The van der Waals surface area contributed by atoms with Gasteiger partial charge in [-0.1, -0.05) is 0 Å². The molecule has 0 saturated heterocycles. The first-order chi connectivity index (χ1) is 6.70. The Bertz CT molecular complexity index is 533. The van der Waals surface area contributed by atoms with Crippen molar-refractivity contribution in [3.05, 3.63) is 16.6 Å². The molecule has 2 rings (SSSR count). The number of nitrogens with zero attached hydrogens (tertiary/aromatic N) is 3. The molecule has 0 spiro atoms. The third-order valence-electron chi connectivity index (χ3n) is 1.58. The van der Waals surface area contributed by atoms with E-state index in [1.807, 2.05) is 0 Å². The summed E-state index contributed by atoms with van der Waals surface area (Å²) in [4.78, 5) is 25.1. The van der Waals surface area contributed by atoms with Crippen molar-refractivity contribution in [2.75, 3.05) is 11.2 Å². The monoisotopic (exact) mass is 193 g/mol. The molecule has 72 valence electrons. The average molecular weight is 193 g/mol. The lowest BCUT2D eigenvalue weighted by Gasteiger charge is -1.99. The summed E-state index contributed by atoms with van der Waals surface area (Å²) in [5.74, 6) is 5.40. The van der Waals surface area contributed by atoms with E-state index in [1.54, 1.807) is 0 Å². The number of nitrogens with one attached hydrogen (secondary N) is 2. The van der Waals surface area contributed by atoms with E-state index in [4.69, 9.17) is 11.6 Å². The van der Waals surface area contributed by atoms with Gasteiger partial charge in [-0.25, -0.2) is 15.8 Å². The molecule has 2 aromatic heterocycles. The number of aromatic nitrogens is 4.